The van der Waals surface area contributed by atoms with Crippen LogP contribution in [0.1, 0.15) is 11.1 Å². The van der Waals surface area contributed by atoms with Gasteiger partial charge in [-0.25, -0.2) is 8.42 Å². The summed E-state index contributed by atoms with van der Waals surface area (Å²) >= 11 is 1.29. The second kappa shape index (κ2) is 9.82. The van der Waals surface area contributed by atoms with Gasteiger partial charge in [-0.15, -0.1) is 0 Å². The average molecular weight is 498 g/mol. The molecule has 7 nitrogen and oxygen atoms in total. The first-order valence-electron chi connectivity index (χ1n) is 10.3. The number of carbonyl (C=O) groups excluding carboxylic acids is 1. The zero-order valence-corrected chi connectivity index (χ0v) is 20.5. The number of carbonyl (C=O) groups is 1. The van der Waals surface area contributed by atoms with Crippen LogP contribution in [0.3, 0.4) is 0 Å². The topological polar surface area (TPSA) is 90.9 Å². The van der Waals surface area contributed by atoms with Crippen molar-refractivity contribution in [3.8, 4) is 17.2 Å². The zero-order valence-electron chi connectivity index (χ0n) is 18.8. The van der Waals surface area contributed by atoms with Gasteiger partial charge in [-0.2, -0.15) is 0 Å². The number of fused-ring (bicyclic) bond motifs is 1. The van der Waals surface area contributed by atoms with Gasteiger partial charge < -0.3 is 19.5 Å². The van der Waals surface area contributed by atoms with Gasteiger partial charge in [-0.05, 0) is 54.1 Å². The molecular weight excluding hydrogens is 474 g/mol. The van der Waals surface area contributed by atoms with Crippen molar-refractivity contribution in [2.45, 2.75) is 15.5 Å². The van der Waals surface area contributed by atoms with Gasteiger partial charge in [0.2, 0.25) is 0 Å². The molecule has 0 aromatic heterocycles. The maximum Gasteiger partial charge on any atom is 0.262 e. The van der Waals surface area contributed by atoms with Gasteiger partial charge in [0.25, 0.3) is 5.91 Å². The van der Waals surface area contributed by atoms with Gasteiger partial charge in [0, 0.05) is 4.90 Å². The number of rotatable bonds is 7. The molecule has 0 saturated heterocycles. The van der Waals surface area contributed by atoms with Crippen LogP contribution in [-0.2, 0) is 20.4 Å². The molecule has 9 heteroatoms. The predicted molar refractivity (Wildman–Crippen MR) is 132 cm³/mol. The molecule has 0 unspecified atom stereocenters. The van der Waals surface area contributed by atoms with E-state index in [1.165, 1.54) is 32.0 Å². The normalized spacial score (nSPS) is 14.3. The van der Waals surface area contributed by atoms with E-state index in [1.807, 2.05) is 24.3 Å². The molecule has 1 N–H and O–H groups in total. The number of anilines is 1. The Morgan fingerprint density at radius 2 is 1.59 bits per heavy atom. The summed E-state index contributed by atoms with van der Waals surface area (Å²) in [6.45, 7) is 0. The summed E-state index contributed by atoms with van der Waals surface area (Å²) in [4.78, 5) is 14.1. The Kier molecular flexibility index (Phi) is 6.85. The third kappa shape index (κ3) is 4.90. The highest BCUT2D eigenvalue weighted by molar-refractivity contribution is 8.04. The van der Waals surface area contributed by atoms with E-state index in [0.29, 0.717) is 27.7 Å². The van der Waals surface area contributed by atoms with E-state index < -0.39 is 9.84 Å². The third-order valence-corrected chi connectivity index (χ3v) is 8.02. The lowest BCUT2D eigenvalue weighted by molar-refractivity contribution is -0.112. The number of benzene rings is 3. The lowest BCUT2D eigenvalue weighted by Gasteiger charge is -2.20. The standard InChI is InChI=1S/C25H23NO6S2/c1-30-17-9-7-16(8-10-17)13-24-25(27)26-20-14-18(11-12-23(20)33-24)34(28,29)15-19-21(31-2)5-4-6-22(19)32-3/h4-14H,15H2,1-3H3,(H,26,27)/b24-13+. The molecule has 0 aliphatic carbocycles. The Balaban J connectivity index is 1.61. The molecule has 1 aliphatic heterocycles. The van der Waals surface area contributed by atoms with Crippen LogP contribution >= 0.6 is 11.8 Å². The molecule has 3 aromatic rings. The number of nitrogens with one attached hydrogen (secondary N) is 1. The van der Waals surface area contributed by atoms with E-state index in [4.69, 9.17) is 14.2 Å². The van der Waals surface area contributed by atoms with E-state index in [1.54, 1.807) is 43.5 Å². The number of hydrogen-bond acceptors (Lipinski definition) is 7. The number of thioether (sulfide) groups is 1. The lowest BCUT2D eigenvalue weighted by atomic mass is 10.2. The minimum Gasteiger partial charge on any atom is -0.497 e. The monoisotopic (exact) mass is 497 g/mol. The zero-order chi connectivity index (χ0) is 24.3. The van der Waals surface area contributed by atoms with E-state index in [9.17, 15) is 13.2 Å². The highest BCUT2D eigenvalue weighted by atomic mass is 32.2. The Morgan fingerprint density at radius 1 is 0.912 bits per heavy atom. The molecule has 1 amide bonds. The average Bonchev–Trinajstić information content (AvgIpc) is 2.84. The Labute approximate surface area is 202 Å². The minimum atomic E-state index is -3.75. The molecule has 0 fully saturated rings. The van der Waals surface area contributed by atoms with Crippen molar-refractivity contribution in [2.24, 2.45) is 0 Å². The smallest absolute Gasteiger partial charge is 0.262 e. The van der Waals surface area contributed by atoms with Crippen molar-refractivity contribution < 1.29 is 27.4 Å². The second-order valence-corrected chi connectivity index (χ2v) is 10.5. The maximum atomic E-state index is 13.2. The highest BCUT2D eigenvalue weighted by Gasteiger charge is 2.26. The van der Waals surface area contributed by atoms with Gasteiger partial charge in [-0.3, -0.25) is 4.79 Å². The molecule has 176 valence electrons. The fourth-order valence-corrected chi connectivity index (χ4v) is 5.86. The van der Waals surface area contributed by atoms with Crippen LogP contribution in [0.4, 0.5) is 5.69 Å². The van der Waals surface area contributed by atoms with Gasteiger partial charge in [-0.1, -0.05) is 30.0 Å². The Bertz CT molecular complexity index is 1340. The fraction of sp³-hybridized carbons (Fsp3) is 0.160. The van der Waals surface area contributed by atoms with Gasteiger partial charge in [0.05, 0.1) is 48.1 Å². The molecule has 3 aromatic carbocycles. The van der Waals surface area contributed by atoms with Crippen molar-refractivity contribution in [2.75, 3.05) is 26.6 Å². The molecule has 1 heterocycles. The number of sulfone groups is 1. The number of methoxy groups -OCH3 is 3. The summed E-state index contributed by atoms with van der Waals surface area (Å²) in [5, 5.41) is 2.81. The summed E-state index contributed by atoms with van der Waals surface area (Å²) in [5.41, 5.74) is 1.75. The number of ether oxygens (including phenoxy) is 3. The van der Waals surface area contributed by atoms with E-state index >= 15 is 0 Å². The summed E-state index contributed by atoms with van der Waals surface area (Å²) < 4.78 is 42.2. The Hall–Kier alpha value is -3.43. The van der Waals surface area contributed by atoms with Crippen LogP contribution in [0.5, 0.6) is 17.2 Å². The summed E-state index contributed by atoms with van der Waals surface area (Å²) in [6, 6.07) is 17.2. The van der Waals surface area contributed by atoms with E-state index in [2.05, 4.69) is 5.32 Å². The minimum absolute atomic E-state index is 0.0997. The predicted octanol–water partition coefficient (Wildman–Crippen LogP) is 4.77. The quantitative estimate of drug-likeness (QED) is 0.470. The molecule has 0 spiro atoms. The highest BCUT2D eigenvalue weighted by Crippen LogP contribution is 2.41. The van der Waals surface area contributed by atoms with Crippen molar-refractivity contribution in [3.05, 3.63) is 76.7 Å². The van der Waals surface area contributed by atoms with Crippen molar-refractivity contribution >= 4 is 39.3 Å². The first-order valence-corrected chi connectivity index (χ1v) is 12.7. The molecular formula is C25H23NO6S2. The van der Waals surface area contributed by atoms with Crippen LogP contribution in [-0.4, -0.2) is 35.7 Å². The third-order valence-electron chi connectivity index (χ3n) is 5.28. The van der Waals surface area contributed by atoms with Crippen molar-refractivity contribution in [1.29, 1.82) is 0 Å². The molecule has 0 bridgehead atoms. The van der Waals surface area contributed by atoms with Crippen molar-refractivity contribution in [3.63, 3.8) is 0 Å². The molecule has 4 rings (SSSR count). The molecule has 1 aliphatic rings. The number of amides is 1. The summed E-state index contributed by atoms with van der Waals surface area (Å²) in [5.74, 6) is 0.987. The van der Waals surface area contributed by atoms with Crippen LogP contribution in [0.25, 0.3) is 6.08 Å². The first kappa shape index (κ1) is 23.7. The van der Waals surface area contributed by atoms with Gasteiger partial charge in [0.1, 0.15) is 17.2 Å². The van der Waals surface area contributed by atoms with Crippen LogP contribution in [0.2, 0.25) is 0 Å². The molecule has 34 heavy (non-hydrogen) atoms. The number of hydrogen-bond donors (Lipinski definition) is 1. The fourth-order valence-electron chi connectivity index (χ4n) is 3.53. The molecule has 0 saturated carbocycles. The second-order valence-electron chi connectivity index (χ2n) is 7.40. The lowest BCUT2D eigenvalue weighted by Crippen LogP contribution is -2.18. The van der Waals surface area contributed by atoms with Gasteiger partial charge >= 0.3 is 0 Å². The largest absolute Gasteiger partial charge is 0.497 e. The maximum absolute atomic E-state index is 13.2. The Morgan fingerprint density at radius 3 is 2.21 bits per heavy atom. The van der Waals surface area contributed by atoms with Gasteiger partial charge in [0.15, 0.2) is 9.84 Å². The van der Waals surface area contributed by atoms with E-state index in [-0.39, 0.29) is 16.6 Å². The SMILES string of the molecule is COc1ccc(/C=C2/Sc3ccc(S(=O)(=O)Cc4c(OC)cccc4OC)cc3NC2=O)cc1. The molecule has 0 radical (unpaired) electrons. The van der Waals surface area contributed by atoms with Crippen molar-refractivity contribution in [1.82, 2.24) is 0 Å². The van der Waals surface area contributed by atoms with E-state index in [0.717, 1.165) is 16.2 Å². The summed E-state index contributed by atoms with van der Waals surface area (Å²) in [6.07, 6.45) is 1.78. The van der Waals surface area contributed by atoms with Crippen LogP contribution < -0.4 is 19.5 Å². The first-order chi connectivity index (χ1) is 16.3. The summed E-state index contributed by atoms with van der Waals surface area (Å²) in [7, 11) is 0.808. The molecule has 0 atom stereocenters. The van der Waals surface area contributed by atoms with Crippen LogP contribution in [0, 0.1) is 0 Å². The van der Waals surface area contributed by atoms with Crippen LogP contribution in [0.15, 0.2) is 75.4 Å².